The molecule has 110 valence electrons. The fraction of sp³-hybridized carbons (Fsp3) is 0.692. The summed E-state index contributed by atoms with van der Waals surface area (Å²) >= 11 is 0. The number of nitrogens with one attached hydrogen (secondary N) is 1. The number of amides is 2. The van der Waals surface area contributed by atoms with Crippen LogP contribution in [0.2, 0.25) is 0 Å². The molecule has 0 spiro atoms. The Morgan fingerprint density at radius 3 is 2.75 bits per heavy atom. The van der Waals surface area contributed by atoms with Gasteiger partial charge in [-0.25, -0.2) is 4.98 Å². The van der Waals surface area contributed by atoms with Gasteiger partial charge in [-0.05, 0) is 20.3 Å². The van der Waals surface area contributed by atoms with Crippen LogP contribution >= 0.6 is 0 Å². The highest BCUT2D eigenvalue weighted by molar-refractivity contribution is 5.93. The third-order valence-corrected chi connectivity index (χ3v) is 3.99. The van der Waals surface area contributed by atoms with E-state index in [1.807, 2.05) is 13.8 Å². The van der Waals surface area contributed by atoms with Crippen LogP contribution in [0.4, 0.5) is 0 Å². The highest BCUT2D eigenvalue weighted by Gasteiger charge is 2.41. The molecule has 1 saturated heterocycles. The van der Waals surface area contributed by atoms with E-state index in [9.17, 15) is 9.59 Å². The maximum absolute atomic E-state index is 12.7. The van der Waals surface area contributed by atoms with Crippen LogP contribution in [-0.2, 0) is 23.2 Å². The molecule has 0 saturated carbocycles. The van der Waals surface area contributed by atoms with Crippen molar-refractivity contribution in [3.8, 4) is 0 Å². The number of carbonyl (C=O) groups excluding carboxylic acids is 2. The van der Waals surface area contributed by atoms with E-state index in [-0.39, 0.29) is 17.9 Å². The first-order valence-corrected chi connectivity index (χ1v) is 6.82. The average molecular weight is 279 g/mol. The standard InChI is InChI=1S/C13H21N5O2/c1-5-13(3)12(20)18(9(2)6-11(19)16-13)7-10-14-8-15-17(10)4/h8-9H,5-7H2,1-4H3,(H,16,19). The quantitative estimate of drug-likeness (QED) is 0.858. The molecular formula is C13H21N5O2. The Kier molecular flexibility index (Phi) is 3.78. The van der Waals surface area contributed by atoms with Crippen molar-refractivity contribution in [3.63, 3.8) is 0 Å². The fourth-order valence-corrected chi connectivity index (χ4v) is 2.39. The average Bonchev–Trinajstić information content (AvgIpc) is 2.76. The van der Waals surface area contributed by atoms with E-state index in [0.29, 0.717) is 25.2 Å². The zero-order chi connectivity index (χ0) is 14.9. The normalized spacial score (nSPS) is 27.4. The minimum absolute atomic E-state index is 0.0682. The number of hydrogen-bond donors (Lipinski definition) is 1. The van der Waals surface area contributed by atoms with Gasteiger partial charge in [0.05, 0.1) is 6.54 Å². The Bertz CT molecular complexity index is 527. The molecule has 2 unspecified atom stereocenters. The van der Waals surface area contributed by atoms with Gasteiger partial charge in [0.1, 0.15) is 17.7 Å². The van der Waals surface area contributed by atoms with Crippen LogP contribution in [0.15, 0.2) is 6.33 Å². The van der Waals surface area contributed by atoms with Crippen LogP contribution in [-0.4, -0.2) is 43.1 Å². The molecule has 0 aromatic carbocycles. The molecule has 20 heavy (non-hydrogen) atoms. The predicted molar refractivity (Wildman–Crippen MR) is 72.5 cm³/mol. The second-order valence-electron chi connectivity index (χ2n) is 5.52. The molecule has 7 heteroatoms. The van der Waals surface area contributed by atoms with Crippen molar-refractivity contribution in [1.29, 1.82) is 0 Å². The van der Waals surface area contributed by atoms with Crippen LogP contribution in [0.1, 0.15) is 39.4 Å². The third kappa shape index (κ3) is 2.52. The van der Waals surface area contributed by atoms with Crippen molar-refractivity contribution in [3.05, 3.63) is 12.2 Å². The largest absolute Gasteiger partial charge is 0.342 e. The van der Waals surface area contributed by atoms with E-state index in [4.69, 9.17) is 0 Å². The fourth-order valence-electron chi connectivity index (χ4n) is 2.39. The lowest BCUT2D eigenvalue weighted by atomic mass is 9.97. The van der Waals surface area contributed by atoms with Crippen LogP contribution in [0.3, 0.4) is 0 Å². The lowest BCUT2D eigenvalue weighted by molar-refractivity contribution is -0.140. The van der Waals surface area contributed by atoms with Gasteiger partial charge >= 0.3 is 0 Å². The van der Waals surface area contributed by atoms with Crippen molar-refractivity contribution in [2.45, 2.75) is 51.7 Å². The SMILES string of the molecule is CCC1(C)NC(=O)CC(C)N(Cc2ncnn2C)C1=O. The lowest BCUT2D eigenvalue weighted by Crippen LogP contribution is -2.55. The van der Waals surface area contributed by atoms with Crippen LogP contribution in [0, 0.1) is 0 Å². The summed E-state index contributed by atoms with van der Waals surface area (Å²) in [6, 6.07) is -0.160. The van der Waals surface area contributed by atoms with Gasteiger partial charge in [-0.1, -0.05) is 6.92 Å². The number of aromatic nitrogens is 3. The molecule has 2 amide bonds. The number of hydrogen-bond acceptors (Lipinski definition) is 4. The second kappa shape index (κ2) is 5.22. The first-order chi connectivity index (χ1) is 9.37. The maximum Gasteiger partial charge on any atom is 0.248 e. The highest BCUT2D eigenvalue weighted by atomic mass is 16.2. The van der Waals surface area contributed by atoms with Gasteiger partial charge in [0, 0.05) is 19.5 Å². The molecule has 0 radical (unpaired) electrons. The summed E-state index contributed by atoms with van der Waals surface area (Å²) in [6.45, 7) is 5.92. The van der Waals surface area contributed by atoms with Crippen molar-refractivity contribution < 1.29 is 9.59 Å². The first kappa shape index (κ1) is 14.5. The summed E-state index contributed by atoms with van der Waals surface area (Å²) in [5.74, 6) is 0.551. The van der Waals surface area contributed by atoms with Gasteiger partial charge in [-0.2, -0.15) is 5.10 Å². The molecule has 2 rings (SSSR count). The monoisotopic (exact) mass is 279 g/mol. The van der Waals surface area contributed by atoms with E-state index in [2.05, 4.69) is 15.4 Å². The molecule has 2 heterocycles. The van der Waals surface area contributed by atoms with Crippen molar-refractivity contribution >= 4 is 11.8 Å². The summed E-state index contributed by atoms with van der Waals surface area (Å²) in [5.41, 5.74) is -0.847. The molecular weight excluding hydrogens is 258 g/mol. The molecule has 7 nitrogen and oxygen atoms in total. The molecule has 0 aliphatic carbocycles. The molecule has 1 aromatic heterocycles. The molecule has 1 N–H and O–H groups in total. The van der Waals surface area contributed by atoms with E-state index in [1.165, 1.54) is 6.33 Å². The summed E-state index contributed by atoms with van der Waals surface area (Å²) in [6.07, 6.45) is 2.32. The number of carbonyl (C=O) groups is 2. The zero-order valence-corrected chi connectivity index (χ0v) is 12.4. The molecule has 2 atom stereocenters. The summed E-state index contributed by atoms with van der Waals surface area (Å²) in [5, 5.41) is 6.85. The molecule has 1 aliphatic heterocycles. The second-order valence-corrected chi connectivity index (χ2v) is 5.52. The summed E-state index contributed by atoms with van der Waals surface area (Å²) in [4.78, 5) is 30.5. The van der Waals surface area contributed by atoms with Crippen molar-refractivity contribution in [1.82, 2.24) is 25.0 Å². The van der Waals surface area contributed by atoms with Crippen LogP contribution < -0.4 is 5.32 Å². The Hall–Kier alpha value is -1.92. The zero-order valence-electron chi connectivity index (χ0n) is 12.4. The van der Waals surface area contributed by atoms with Gasteiger partial charge in [0.15, 0.2) is 0 Å². The Balaban J connectivity index is 2.31. The predicted octanol–water partition coefficient (Wildman–Crippen LogP) is 0.221. The number of rotatable bonds is 3. The highest BCUT2D eigenvalue weighted by Crippen LogP contribution is 2.22. The van der Waals surface area contributed by atoms with Gasteiger partial charge in [0.25, 0.3) is 0 Å². The van der Waals surface area contributed by atoms with Gasteiger partial charge in [-0.3, -0.25) is 14.3 Å². The summed E-state index contributed by atoms with van der Waals surface area (Å²) < 4.78 is 1.64. The van der Waals surface area contributed by atoms with E-state index in [1.54, 1.807) is 23.6 Å². The number of aryl methyl sites for hydroxylation is 1. The third-order valence-electron chi connectivity index (χ3n) is 3.99. The number of nitrogens with zero attached hydrogens (tertiary/aromatic N) is 4. The minimum Gasteiger partial charge on any atom is -0.342 e. The van der Waals surface area contributed by atoms with Gasteiger partial charge < -0.3 is 10.2 Å². The van der Waals surface area contributed by atoms with Crippen LogP contribution in [0.25, 0.3) is 0 Å². The molecule has 0 bridgehead atoms. The lowest BCUT2D eigenvalue weighted by Gasteiger charge is -2.33. The van der Waals surface area contributed by atoms with Crippen LogP contribution in [0.5, 0.6) is 0 Å². The van der Waals surface area contributed by atoms with E-state index in [0.717, 1.165) is 0 Å². The topological polar surface area (TPSA) is 80.1 Å². The Morgan fingerprint density at radius 1 is 1.50 bits per heavy atom. The first-order valence-electron chi connectivity index (χ1n) is 6.82. The maximum atomic E-state index is 12.7. The Labute approximate surface area is 118 Å². The molecule has 1 fully saturated rings. The van der Waals surface area contributed by atoms with Gasteiger partial charge in [-0.15, -0.1) is 0 Å². The smallest absolute Gasteiger partial charge is 0.248 e. The van der Waals surface area contributed by atoms with Crippen molar-refractivity contribution in [2.75, 3.05) is 0 Å². The minimum atomic E-state index is -0.847. The van der Waals surface area contributed by atoms with E-state index >= 15 is 0 Å². The van der Waals surface area contributed by atoms with Gasteiger partial charge in [0.2, 0.25) is 11.8 Å². The Morgan fingerprint density at radius 2 is 2.20 bits per heavy atom. The summed E-state index contributed by atoms with van der Waals surface area (Å²) in [7, 11) is 1.79. The van der Waals surface area contributed by atoms with Crippen molar-refractivity contribution in [2.24, 2.45) is 7.05 Å². The van der Waals surface area contributed by atoms with E-state index < -0.39 is 5.54 Å². The molecule has 1 aliphatic rings. The molecule has 1 aromatic rings.